The molecule has 3 N–H and O–H groups in total. The summed E-state index contributed by atoms with van der Waals surface area (Å²) in [7, 11) is -3.72. The lowest BCUT2D eigenvalue weighted by Gasteiger charge is -1.97. The summed E-state index contributed by atoms with van der Waals surface area (Å²) in [6, 6.07) is 5.56. The SMILES string of the molecule is NS(=O)(=O)c1ccc(N=Nc2sc(=O)[nH]c2S)cc1. The van der Waals surface area contributed by atoms with Gasteiger partial charge in [-0.15, -0.1) is 22.9 Å². The molecule has 0 saturated heterocycles. The Bertz CT molecular complexity index is 774. The quantitative estimate of drug-likeness (QED) is 0.591. The van der Waals surface area contributed by atoms with Crippen LogP contribution in [0.5, 0.6) is 0 Å². The number of hydrogen-bond acceptors (Lipinski definition) is 7. The summed E-state index contributed by atoms with van der Waals surface area (Å²) < 4.78 is 22.1. The molecule has 0 amide bonds. The van der Waals surface area contributed by atoms with E-state index >= 15 is 0 Å². The average molecular weight is 316 g/mol. The number of thiol groups is 1. The number of benzene rings is 1. The van der Waals surface area contributed by atoms with Crippen molar-refractivity contribution in [1.29, 1.82) is 0 Å². The molecule has 10 heteroatoms. The van der Waals surface area contributed by atoms with Gasteiger partial charge in [0.15, 0.2) is 5.00 Å². The topological polar surface area (TPSA) is 118 Å². The van der Waals surface area contributed by atoms with E-state index in [-0.39, 0.29) is 9.77 Å². The Kier molecular flexibility index (Phi) is 3.85. The van der Waals surface area contributed by atoms with Gasteiger partial charge >= 0.3 is 4.87 Å². The Hall–Kier alpha value is -1.49. The maximum Gasteiger partial charge on any atom is 0.307 e. The zero-order chi connectivity index (χ0) is 14.0. The third-order valence-corrected chi connectivity index (χ3v) is 4.20. The highest BCUT2D eigenvalue weighted by atomic mass is 32.2. The molecule has 0 saturated carbocycles. The second kappa shape index (κ2) is 5.25. The van der Waals surface area contributed by atoms with Gasteiger partial charge in [0.1, 0.15) is 5.03 Å². The van der Waals surface area contributed by atoms with Crippen LogP contribution < -0.4 is 10.0 Å². The molecule has 2 rings (SSSR count). The molecule has 1 aromatic heterocycles. The van der Waals surface area contributed by atoms with Crippen molar-refractivity contribution >= 4 is 44.7 Å². The molecule has 2 aromatic rings. The number of rotatable bonds is 3. The smallest absolute Gasteiger partial charge is 0.306 e. The van der Waals surface area contributed by atoms with Crippen LogP contribution in [-0.2, 0) is 10.0 Å². The fourth-order valence-electron chi connectivity index (χ4n) is 1.19. The number of nitrogens with two attached hydrogens (primary N) is 1. The third kappa shape index (κ3) is 3.50. The molecule has 0 atom stereocenters. The Labute approximate surface area is 117 Å². The number of azo groups is 1. The molecule has 0 bridgehead atoms. The first-order valence-corrected chi connectivity index (χ1v) is 7.64. The summed E-state index contributed by atoms with van der Waals surface area (Å²) in [5.41, 5.74) is 0.431. The van der Waals surface area contributed by atoms with Crippen LogP contribution >= 0.6 is 24.0 Å². The number of aromatic amines is 1. The van der Waals surface area contributed by atoms with Gasteiger partial charge in [0.2, 0.25) is 10.0 Å². The van der Waals surface area contributed by atoms with Gasteiger partial charge < -0.3 is 4.98 Å². The number of H-pyrrole nitrogens is 1. The largest absolute Gasteiger partial charge is 0.307 e. The monoisotopic (exact) mass is 316 g/mol. The highest BCUT2D eigenvalue weighted by molar-refractivity contribution is 7.89. The first-order valence-electron chi connectivity index (χ1n) is 4.83. The van der Waals surface area contributed by atoms with Crippen LogP contribution in [0.1, 0.15) is 0 Å². The van der Waals surface area contributed by atoms with Crippen molar-refractivity contribution in [2.24, 2.45) is 15.4 Å². The van der Waals surface area contributed by atoms with E-state index in [1.165, 1.54) is 24.3 Å². The van der Waals surface area contributed by atoms with Crippen molar-refractivity contribution < 1.29 is 8.42 Å². The Morgan fingerprint density at radius 3 is 2.32 bits per heavy atom. The molecule has 0 fully saturated rings. The van der Waals surface area contributed by atoms with Crippen LogP contribution in [0.2, 0.25) is 0 Å². The van der Waals surface area contributed by atoms with Crippen LogP contribution in [0.4, 0.5) is 10.7 Å². The molecule has 0 aliphatic carbocycles. The number of sulfonamides is 1. The molecule has 0 unspecified atom stereocenters. The summed E-state index contributed by atoms with van der Waals surface area (Å²) >= 11 is 4.90. The van der Waals surface area contributed by atoms with E-state index in [2.05, 4.69) is 27.8 Å². The van der Waals surface area contributed by atoms with Crippen LogP contribution in [0.15, 0.2) is 49.2 Å². The van der Waals surface area contributed by atoms with Crippen LogP contribution in [0, 0.1) is 0 Å². The molecule has 100 valence electrons. The fraction of sp³-hybridized carbons (Fsp3) is 0. The molecule has 7 nitrogen and oxygen atoms in total. The molecular formula is C9H8N4O3S3. The Morgan fingerprint density at radius 2 is 1.84 bits per heavy atom. The Balaban J connectivity index is 2.25. The van der Waals surface area contributed by atoms with E-state index in [0.717, 1.165) is 11.3 Å². The van der Waals surface area contributed by atoms with Crippen LogP contribution in [0.3, 0.4) is 0 Å². The van der Waals surface area contributed by atoms with Crippen molar-refractivity contribution in [2.45, 2.75) is 9.92 Å². The van der Waals surface area contributed by atoms with Crippen LogP contribution in [0.25, 0.3) is 0 Å². The molecule has 1 heterocycles. The maximum atomic E-state index is 11.0. The van der Waals surface area contributed by atoms with Gasteiger partial charge in [-0.05, 0) is 24.3 Å². The van der Waals surface area contributed by atoms with Crippen LogP contribution in [-0.4, -0.2) is 13.4 Å². The second-order valence-corrected chi connectivity index (χ2v) is 6.38. The molecule has 0 radical (unpaired) electrons. The number of primary sulfonamides is 1. The zero-order valence-electron chi connectivity index (χ0n) is 9.27. The van der Waals surface area contributed by atoms with E-state index in [9.17, 15) is 13.2 Å². The zero-order valence-corrected chi connectivity index (χ0v) is 11.8. The van der Waals surface area contributed by atoms with Crippen molar-refractivity contribution in [3.63, 3.8) is 0 Å². The summed E-state index contributed by atoms with van der Waals surface area (Å²) in [5.74, 6) is 0. The van der Waals surface area contributed by atoms with E-state index in [1.807, 2.05) is 0 Å². The second-order valence-electron chi connectivity index (χ2n) is 3.41. The lowest BCUT2D eigenvalue weighted by Crippen LogP contribution is -2.11. The van der Waals surface area contributed by atoms with E-state index in [4.69, 9.17) is 5.14 Å². The minimum atomic E-state index is -3.72. The maximum absolute atomic E-state index is 11.0. The van der Waals surface area contributed by atoms with Crippen molar-refractivity contribution in [2.75, 3.05) is 0 Å². The Morgan fingerprint density at radius 1 is 1.21 bits per heavy atom. The van der Waals surface area contributed by atoms with Gasteiger partial charge in [-0.25, -0.2) is 13.6 Å². The molecule has 0 aliphatic rings. The summed E-state index contributed by atoms with van der Waals surface area (Å²) in [6.07, 6.45) is 0. The standard InChI is InChI=1S/C9H8N4O3S3/c10-19(15,16)6-3-1-5(2-4-6)12-13-8-7(17)11-9(14)18-8/h1-4,17H,(H,11,14)(H2,10,15,16). The first-order chi connectivity index (χ1) is 8.86. The van der Waals surface area contributed by atoms with Gasteiger partial charge in [-0.3, -0.25) is 4.79 Å². The predicted octanol–water partition coefficient (Wildman–Crippen LogP) is 1.79. The molecule has 0 aliphatic heterocycles. The fourth-order valence-corrected chi connectivity index (χ4v) is 2.62. The number of nitrogens with zero attached hydrogens (tertiary/aromatic N) is 2. The number of nitrogens with one attached hydrogen (secondary N) is 1. The minimum absolute atomic E-state index is 0.00682. The van der Waals surface area contributed by atoms with Crippen molar-refractivity contribution in [3.05, 3.63) is 33.9 Å². The van der Waals surface area contributed by atoms with Crippen molar-refractivity contribution in [3.8, 4) is 0 Å². The van der Waals surface area contributed by atoms with Gasteiger partial charge in [0, 0.05) is 0 Å². The lowest BCUT2D eigenvalue weighted by molar-refractivity contribution is 0.598. The molecule has 0 spiro atoms. The highest BCUT2D eigenvalue weighted by Crippen LogP contribution is 2.26. The van der Waals surface area contributed by atoms with E-state index in [1.54, 1.807) is 0 Å². The normalized spacial score (nSPS) is 12.1. The van der Waals surface area contributed by atoms with Crippen molar-refractivity contribution in [1.82, 2.24) is 4.98 Å². The van der Waals surface area contributed by atoms with E-state index < -0.39 is 10.0 Å². The molecular weight excluding hydrogens is 308 g/mol. The minimum Gasteiger partial charge on any atom is -0.306 e. The first kappa shape index (κ1) is 13.9. The molecule has 1 aromatic carbocycles. The highest BCUT2D eigenvalue weighted by Gasteiger charge is 2.07. The summed E-state index contributed by atoms with van der Waals surface area (Å²) in [4.78, 5) is 13.2. The summed E-state index contributed by atoms with van der Waals surface area (Å²) in [5, 5.41) is 13.4. The number of aromatic nitrogens is 1. The summed E-state index contributed by atoms with van der Waals surface area (Å²) in [6.45, 7) is 0. The third-order valence-electron chi connectivity index (χ3n) is 2.03. The number of thiazole rings is 1. The van der Waals surface area contributed by atoms with Gasteiger partial charge in [-0.2, -0.15) is 0 Å². The average Bonchev–Trinajstić information content (AvgIpc) is 2.65. The lowest BCUT2D eigenvalue weighted by atomic mass is 10.3. The predicted molar refractivity (Wildman–Crippen MR) is 74.2 cm³/mol. The van der Waals surface area contributed by atoms with Gasteiger partial charge in [0.25, 0.3) is 0 Å². The number of hydrogen-bond donors (Lipinski definition) is 3. The van der Waals surface area contributed by atoms with E-state index in [0.29, 0.717) is 15.7 Å². The van der Waals surface area contributed by atoms with Gasteiger partial charge in [0.05, 0.1) is 10.6 Å². The molecule has 19 heavy (non-hydrogen) atoms. The van der Waals surface area contributed by atoms with Gasteiger partial charge in [-0.1, -0.05) is 11.3 Å².